The number of para-hydroxylation sites is 1. The number of piperidine rings is 1. The molecule has 3 rings (SSSR count). The van der Waals surface area contributed by atoms with Crippen LogP contribution in [-0.4, -0.2) is 67.0 Å². The van der Waals surface area contributed by atoms with Gasteiger partial charge in [-0.25, -0.2) is 4.79 Å². The average Bonchev–Trinajstić information content (AvgIpc) is 3.08. The minimum atomic E-state index is 0.0328. The fourth-order valence-corrected chi connectivity index (χ4v) is 3.68. The van der Waals surface area contributed by atoms with Gasteiger partial charge in [-0.05, 0) is 58.1 Å². The molecule has 24 heavy (non-hydrogen) atoms. The molecule has 0 bridgehead atoms. The summed E-state index contributed by atoms with van der Waals surface area (Å²) in [7, 11) is 4.17. The largest absolute Gasteiger partial charge is 0.323 e. The van der Waals surface area contributed by atoms with Gasteiger partial charge in [-0.3, -0.25) is 4.90 Å². The first-order valence-electron chi connectivity index (χ1n) is 9.16. The van der Waals surface area contributed by atoms with E-state index in [1.165, 1.54) is 37.9 Å². The van der Waals surface area contributed by atoms with E-state index in [2.05, 4.69) is 41.3 Å². The van der Waals surface area contributed by atoms with E-state index >= 15 is 0 Å². The van der Waals surface area contributed by atoms with E-state index in [1.54, 1.807) is 0 Å². The van der Waals surface area contributed by atoms with Crippen LogP contribution in [0.25, 0.3) is 0 Å². The van der Waals surface area contributed by atoms with Crippen LogP contribution in [0.3, 0.4) is 0 Å². The van der Waals surface area contributed by atoms with Crippen LogP contribution in [0.4, 0.5) is 10.5 Å². The third-order valence-corrected chi connectivity index (χ3v) is 5.28. The van der Waals surface area contributed by atoms with Crippen molar-refractivity contribution >= 4 is 11.7 Å². The highest BCUT2D eigenvalue weighted by Gasteiger charge is 2.27. The summed E-state index contributed by atoms with van der Waals surface area (Å²) in [6, 6.07) is 8.73. The number of likely N-dealkylation sites (tertiary alicyclic amines) is 2. The van der Waals surface area contributed by atoms with Crippen LogP contribution in [0.5, 0.6) is 0 Å². The molecule has 0 saturated carbocycles. The van der Waals surface area contributed by atoms with Gasteiger partial charge in [-0.15, -0.1) is 0 Å². The van der Waals surface area contributed by atoms with Crippen molar-refractivity contribution in [3.63, 3.8) is 0 Å². The van der Waals surface area contributed by atoms with Crippen LogP contribution < -0.4 is 5.32 Å². The van der Waals surface area contributed by atoms with E-state index in [0.717, 1.165) is 31.7 Å². The molecule has 1 atom stereocenters. The molecule has 5 nitrogen and oxygen atoms in total. The van der Waals surface area contributed by atoms with Gasteiger partial charge in [0.05, 0.1) is 0 Å². The number of hydrogen-bond donors (Lipinski definition) is 1. The van der Waals surface area contributed by atoms with Crippen LogP contribution >= 0.6 is 0 Å². The smallest absolute Gasteiger partial charge is 0.321 e. The van der Waals surface area contributed by atoms with Gasteiger partial charge in [0.25, 0.3) is 0 Å². The van der Waals surface area contributed by atoms with Gasteiger partial charge >= 0.3 is 6.03 Å². The van der Waals surface area contributed by atoms with Crippen LogP contribution in [0.1, 0.15) is 31.2 Å². The Kier molecular flexibility index (Phi) is 5.74. The van der Waals surface area contributed by atoms with Gasteiger partial charge in [0.1, 0.15) is 0 Å². The van der Waals surface area contributed by atoms with Gasteiger partial charge in [0.15, 0.2) is 0 Å². The number of amides is 2. The first kappa shape index (κ1) is 17.2. The van der Waals surface area contributed by atoms with Crippen LogP contribution in [0, 0.1) is 0 Å². The molecule has 2 aliphatic heterocycles. The van der Waals surface area contributed by atoms with Gasteiger partial charge in [0.2, 0.25) is 0 Å². The zero-order valence-corrected chi connectivity index (χ0v) is 15.0. The monoisotopic (exact) mass is 330 g/mol. The van der Waals surface area contributed by atoms with Crippen molar-refractivity contribution in [3.8, 4) is 0 Å². The van der Waals surface area contributed by atoms with Crippen LogP contribution in [0.2, 0.25) is 0 Å². The summed E-state index contributed by atoms with van der Waals surface area (Å²) < 4.78 is 0. The summed E-state index contributed by atoms with van der Waals surface area (Å²) in [6.45, 7) is 4.91. The van der Waals surface area contributed by atoms with Crippen molar-refractivity contribution in [1.29, 1.82) is 0 Å². The molecule has 2 heterocycles. The number of carbonyl (C=O) groups is 1. The van der Waals surface area contributed by atoms with Crippen LogP contribution in [0.15, 0.2) is 24.3 Å². The number of benzene rings is 1. The normalized spacial score (nSPS) is 22.1. The maximum atomic E-state index is 12.6. The molecule has 2 fully saturated rings. The lowest BCUT2D eigenvalue weighted by molar-refractivity contribution is 0.215. The molecule has 1 unspecified atom stereocenters. The van der Waals surface area contributed by atoms with E-state index in [9.17, 15) is 4.79 Å². The lowest BCUT2D eigenvalue weighted by Gasteiger charge is -2.27. The predicted octanol–water partition coefficient (Wildman–Crippen LogP) is 2.84. The highest BCUT2D eigenvalue weighted by atomic mass is 16.2. The molecule has 0 radical (unpaired) electrons. The fourth-order valence-electron chi connectivity index (χ4n) is 3.68. The van der Waals surface area contributed by atoms with E-state index in [-0.39, 0.29) is 6.03 Å². The number of rotatable bonds is 4. The van der Waals surface area contributed by atoms with Crippen molar-refractivity contribution in [3.05, 3.63) is 29.8 Å². The van der Waals surface area contributed by atoms with Crippen molar-refractivity contribution < 1.29 is 4.79 Å². The number of anilines is 1. The van der Waals surface area contributed by atoms with Crippen molar-refractivity contribution in [2.45, 2.75) is 38.3 Å². The topological polar surface area (TPSA) is 38.8 Å². The zero-order valence-electron chi connectivity index (χ0n) is 15.0. The fraction of sp³-hybridized carbons (Fsp3) is 0.632. The molecule has 1 aromatic carbocycles. The average molecular weight is 330 g/mol. The summed E-state index contributed by atoms with van der Waals surface area (Å²) in [5.74, 6) is 0. The molecule has 0 aromatic heterocycles. The van der Waals surface area contributed by atoms with Gasteiger partial charge < -0.3 is 15.1 Å². The first-order valence-corrected chi connectivity index (χ1v) is 9.16. The van der Waals surface area contributed by atoms with Gasteiger partial charge in [0, 0.05) is 31.4 Å². The molecule has 2 aliphatic rings. The minimum absolute atomic E-state index is 0.0328. The maximum Gasteiger partial charge on any atom is 0.321 e. The Balaban J connectivity index is 1.61. The maximum absolute atomic E-state index is 12.6. The predicted molar refractivity (Wildman–Crippen MR) is 98.3 cm³/mol. The third kappa shape index (κ3) is 4.28. The number of hydrogen-bond acceptors (Lipinski definition) is 3. The standard InChI is InChI=1S/C19H30N4O/c1-21(2)17-10-13-23(15-17)19(24)20-18-9-5-4-8-16(18)14-22-11-6-3-7-12-22/h4-5,8-9,17H,3,6-7,10-15H2,1-2H3,(H,20,24). The lowest BCUT2D eigenvalue weighted by Crippen LogP contribution is -2.37. The highest BCUT2D eigenvalue weighted by Crippen LogP contribution is 2.21. The summed E-state index contributed by atoms with van der Waals surface area (Å²) in [4.78, 5) is 19.2. The SMILES string of the molecule is CN(C)C1CCN(C(=O)Nc2ccccc2CN2CCCCC2)C1. The van der Waals surface area contributed by atoms with Gasteiger partial charge in [-0.1, -0.05) is 24.6 Å². The van der Waals surface area contributed by atoms with E-state index in [1.807, 2.05) is 17.0 Å². The summed E-state index contributed by atoms with van der Waals surface area (Å²) in [5.41, 5.74) is 2.18. The molecule has 2 saturated heterocycles. The molecular formula is C19H30N4O. The van der Waals surface area contributed by atoms with E-state index < -0.39 is 0 Å². The van der Waals surface area contributed by atoms with Gasteiger partial charge in [-0.2, -0.15) is 0 Å². The summed E-state index contributed by atoms with van der Waals surface area (Å²) in [6.07, 6.45) is 4.97. The number of nitrogens with one attached hydrogen (secondary N) is 1. The van der Waals surface area contributed by atoms with E-state index in [4.69, 9.17) is 0 Å². The molecule has 1 N–H and O–H groups in total. The second-order valence-electron chi connectivity index (χ2n) is 7.28. The second-order valence-corrected chi connectivity index (χ2v) is 7.28. The van der Waals surface area contributed by atoms with Crippen molar-refractivity contribution in [2.24, 2.45) is 0 Å². The summed E-state index contributed by atoms with van der Waals surface area (Å²) >= 11 is 0. The van der Waals surface area contributed by atoms with E-state index in [0.29, 0.717) is 6.04 Å². The lowest BCUT2D eigenvalue weighted by atomic mass is 10.1. The Hall–Kier alpha value is -1.59. The Morgan fingerprint density at radius 3 is 2.62 bits per heavy atom. The molecule has 132 valence electrons. The van der Waals surface area contributed by atoms with Crippen molar-refractivity contribution in [2.75, 3.05) is 45.6 Å². The number of likely N-dealkylation sites (N-methyl/N-ethyl adjacent to an activating group) is 1. The molecular weight excluding hydrogens is 300 g/mol. The highest BCUT2D eigenvalue weighted by molar-refractivity contribution is 5.90. The number of urea groups is 1. The molecule has 1 aromatic rings. The molecule has 2 amide bonds. The Bertz CT molecular complexity index is 554. The number of nitrogens with zero attached hydrogens (tertiary/aromatic N) is 3. The van der Waals surface area contributed by atoms with Crippen molar-refractivity contribution in [1.82, 2.24) is 14.7 Å². The Morgan fingerprint density at radius 1 is 1.17 bits per heavy atom. The minimum Gasteiger partial charge on any atom is -0.323 e. The second kappa shape index (κ2) is 7.99. The number of carbonyl (C=O) groups excluding carboxylic acids is 1. The quantitative estimate of drug-likeness (QED) is 0.923. The third-order valence-electron chi connectivity index (χ3n) is 5.28. The molecule has 0 aliphatic carbocycles. The Morgan fingerprint density at radius 2 is 1.92 bits per heavy atom. The van der Waals surface area contributed by atoms with Crippen LogP contribution in [-0.2, 0) is 6.54 Å². The zero-order chi connectivity index (χ0) is 16.9. The first-order chi connectivity index (χ1) is 11.6. The summed E-state index contributed by atoms with van der Waals surface area (Å²) in [5, 5.41) is 3.14. The Labute approximate surface area is 145 Å². The molecule has 0 spiro atoms. The molecule has 5 heteroatoms.